The normalized spacial score (nSPS) is 15.7. The van der Waals surface area contributed by atoms with Gasteiger partial charge in [-0.25, -0.2) is 4.79 Å². The summed E-state index contributed by atoms with van der Waals surface area (Å²) in [6.45, 7) is 6.31. The molecule has 0 unspecified atom stereocenters. The highest BCUT2D eigenvalue weighted by molar-refractivity contribution is 6.16. The van der Waals surface area contributed by atoms with Crippen LogP contribution in [0.4, 0.5) is 0 Å². The molecule has 5 rings (SSSR count). The molecule has 0 radical (unpaired) electrons. The Morgan fingerprint density at radius 3 is 2.64 bits per heavy atom. The predicted molar refractivity (Wildman–Crippen MR) is 125 cm³/mol. The van der Waals surface area contributed by atoms with Gasteiger partial charge in [0.2, 0.25) is 0 Å². The van der Waals surface area contributed by atoms with E-state index in [0.29, 0.717) is 59.5 Å². The molecule has 0 aliphatic carbocycles. The number of phenolic OH excluding ortho intramolecular Hbond substituents is 1. The predicted octanol–water partition coefficient (Wildman–Crippen LogP) is 4.59. The van der Waals surface area contributed by atoms with Crippen molar-refractivity contribution in [3.63, 3.8) is 0 Å². The maximum Gasteiger partial charge on any atom is 0.342 e. The van der Waals surface area contributed by atoms with Crippen molar-refractivity contribution in [2.45, 2.75) is 19.9 Å². The number of aromatic nitrogens is 1. The Hall–Kier alpha value is -3.42. The second-order valence-electron chi connectivity index (χ2n) is 8.10. The van der Waals surface area contributed by atoms with Gasteiger partial charge < -0.3 is 19.0 Å². The molecule has 3 heterocycles. The van der Waals surface area contributed by atoms with Crippen LogP contribution in [0, 0.1) is 6.92 Å². The Morgan fingerprint density at radius 1 is 1.18 bits per heavy atom. The Labute approximate surface area is 191 Å². The van der Waals surface area contributed by atoms with E-state index < -0.39 is 5.97 Å². The van der Waals surface area contributed by atoms with Gasteiger partial charge in [-0.1, -0.05) is 30.3 Å². The van der Waals surface area contributed by atoms with E-state index in [2.05, 4.69) is 9.88 Å². The zero-order valence-corrected chi connectivity index (χ0v) is 18.7. The number of nitrogens with zero attached hydrogens (tertiary/aromatic N) is 2. The molecule has 0 amide bonds. The molecule has 1 N–H and O–H groups in total. The lowest BCUT2D eigenvalue weighted by molar-refractivity contribution is 0.0237. The first-order valence-corrected chi connectivity index (χ1v) is 11.2. The Bertz CT molecular complexity index is 1310. The van der Waals surface area contributed by atoms with Crippen molar-refractivity contribution in [1.82, 2.24) is 9.88 Å². The number of carbonyl (C=O) groups is 1. The minimum Gasteiger partial charge on any atom is -0.507 e. The number of hydrogen-bond acceptors (Lipinski definition) is 7. The fraction of sp³-hybridized carbons (Fsp3) is 0.308. The van der Waals surface area contributed by atoms with E-state index in [1.54, 1.807) is 26.2 Å². The number of aromatic hydroxyl groups is 1. The highest BCUT2D eigenvalue weighted by atomic mass is 16.5. The molecule has 1 aliphatic rings. The quantitative estimate of drug-likeness (QED) is 0.449. The number of rotatable bonds is 5. The van der Waals surface area contributed by atoms with Gasteiger partial charge in [0.1, 0.15) is 22.7 Å². The van der Waals surface area contributed by atoms with Crippen molar-refractivity contribution in [2.75, 3.05) is 32.9 Å². The van der Waals surface area contributed by atoms with Crippen LogP contribution in [-0.2, 0) is 9.47 Å². The van der Waals surface area contributed by atoms with E-state index in [0.717, 1.165) is 10.9 Å². The molecule has 7 heteroatoms. The maximum absolute atomic E-state index is 13.1. The van der Waals surface area contributed by atoms with E-state index in [-0.39, 0.29) is 18.4 Å². The molecule has 2 aromatic carbocycles. The molecule has 0 spiro atoms. The summed E-state index contributed by atoms with van der Waals surface area (Å²) < 4.78 is 17.2. The Kier molecular flexibility index (Phi) is 5.74. The third-order valence-electron chi connectivity index (χ3n) is 6.20. The monoisotopic (exact) mass is 446 g/mol. The molecule has 170 valence electrons. The lowest BCUT2D eigenvalue weighted by Crippen LogP contribution is -2.39. The number of pyridine rings is 1. The zero-order valence-electron chi connectivity index (χ0n) is 18.7. The standard InChI is InChI=1S/C26H26N2O5/c1-3-32-26(30)20-16(2)33-25-19-9-5-4-8-18(19)24(29)22(21(20)25)23(17-7-6-10-27-15-17)28-11-13-31-14-12-28/h4-10,15,23,29H,3,11-14H2,1-2H3/t23-/m0/s1. The van der Waals surface area contributed by atoms with Crippen LogP contribution < -0.4 is 0 Å². The van der Waals surface area contributed by atoms with Crippen molar-refractivity contribution in [2.24, 2.45) is 0 Å². The van der Waals surface area contributed by atoms with E-state index in [1.807, 2.05) is 36.4 Å². The summed E-state index contributed by atoms with van der Waals surface area (Å²) in [4.78, 5) is 19.7. The number of esters is 1. The largest absolute Gasteiger partial charge is 0.507 e. The summed E-state index contributed by atoms with van der Waals surface area (Å²) in [6, 6.07) is 11.1. The summed E-state index contributed by atoms with van der Waals surface area (Å²) in [5.41, 5.74) is 2.46. The van der Waals surface area contributed by atoms with Gasteiger partial charge in [0.05, 0.1) is 25.9 Å². The second-order valence-corrected chi connectivity index (χ2v) is 8.10. The van der Waals surface area contributed by atoms with Crippen LogP contribution in [0.2, 0.25) is 0 Å². The van der Waals surface area contributed by atoms with Crippen molar-refractivity contribution in [3.8, 4) is 5.75 Å². The van der Waals surface area contributed by atoms with Crippen LogP contribution >= 0.6 is 0 Å². The number of hydrogen-bond donors (Lipinski definition) is 1. The first-order valence-electron chi connectivity index (χ1n) is 11.2. The minimum atomic E-state index is -0.461. The van der Waals surface area contributed by atoms with E-state index in [4.69, 9.17) is 13.9 Å². The average molecular weight is 447 g/mol. The van der Waals surface area contributed by atoms with Crippen LogP contribution in [0.25, 0.3) is 21.7 Å². The third kappa shape index (κ3) is 3.63. The second kappa shape index (κ2) is 8.84. The molecule has 1 fully saturated rings. The van der Waals surface area contributed by atoms with E-state index >= 15 is 0 Å². The zero-order chi connectivity index (χ0) is 22.9. The molecule has 0 saturated carbocycles. The number of fused-ring (bicyclic) bond motifs is 3. The fourth-order valence-corrected chi connectivity index (χ4v) is 4.79. The summed E-state index contributed by atoms with van der Waals surface area (Å²) >= 11 is 0. The van der Waals surface area contributed by atoms with E-state index in [1.165, 1.54) is 0 Å². The summed E-state index contributed by atoms with van der Waals surface area (Å²) in [7, 11) is 0. The van der Waals surface area contributed by atoms with Crippen LogP contribution in [0.1, 0.15) is 40.2 Å². The number of furan rings is 1. The van der Waals surface area contributed by atoms with Crippen LogP contribution in [0.5, 0.6) is 5.75 Å². The molecule has 0 bridgehead atoms. The number of aryl methyl sites for hydroxylation is 1. The Balaban J connectivity index is 1.89. The first kappa shape index (κ1) is 21.4. The van der Waals surface area contributed by atoms with Gasteiger partial charge >= 0.3 is 5.97 Å². The van der Waals surface area contributed by atoms with Crippen molar-refractivity contribution >= 4 is 27.7 Å². The fourth-order valence-electron chi connectivity index (χ4n) is 4.79. The number of carbonyl (C=O) groups excluding carboxylic acids is 1. The summed E-state index contributed by atoms with van der Waals surface area (Å²) in [5, 5.41) is 13.7. The molecule has 1 atom stereocenters. The number of morpholine rings is 1. The molecule has 4 aromatic rings. The summed E-state index contributed by atoms with van der Waals surface area (Å²) in [5.74, 6) is 0.133. The number of phenols is 1. The highest BCUT2D eigenvalue weighted by Crippen LogP contribution is 2.47. The van der Waals surface area contributed by atoms with Gasteiger partial charge in [-0.2, -0.15) is 0 Å². The molecule has 1 saturated heterocycles. The van der Waals surface area contributed by atoms with Gasteiger partial charge in [-0.3, -0.25) is 9.88 Å². The van der Waals surface area contributed by atoms with Crippen LogP contribution in [-0.4, -0.2) is 53.9 Å². The van der Waals surface area contributed by atoms with Crippen molar-refractivity contribution in [1.29, 1.82) is 0 Å². The van der Waals surface area contributed by atoms with E-state index in [9.17, 15) is 9.90 Å². The minimum absolute atomic E-state index is 0.129. The van der Waals surface area contributed by atoms with Crippen LogP contribution in [0.15, 0.2) is 53.2 Å². The average Bonchev–Trinajstić information content (AvgIpc) is 3.20. The number of ether oxygens (including phenoxy) is 2. The van der Waals surface area contributed by atoms with Crippen molar-refractivity contribution < 1.29 is 23.8 Å². The highest BCUT2D eigenvalue weighted by Gasteiger charge is 2.34. The van der Waals surface area contributed by atoms with Gasteiger partial charge in [0.15, 0.2) is 0 Å². The first-order chi connectivity index (χ1) is 16.1. The van der Waals surface area contributed by atoms with Crippen LogP contribution in [0.3, 0.4) is 0 Å². The molecular weight excluding hydrogens is 420 g/mol. The topological polar surface area (TPSA) is 85.0 Å². The summed E-state index contributed by atoms with van der Waals surface area (Å²) in [6.07, 6.45) is 3.53. The van der Waals surface area contributed by atoms with Crippen molar-refractivity contribution in [3.05, 3.63) is 71.2 Å². The number of benzene rings is 2. The maximum atomic E-state index is 13.1. The molecule has 7 nitrogen and oxygen atoms in total. The molecule has 2 aromatic heterocycles. The van der Waals surface area contributed by atoms with Gasteiger partial charge in [0, 0.05) is 47.2 Å². The van der Waals surface area contributed by atoms with Gasteiger partial charge in [-0.05, 0) is 25.5 Å². The lowest BCUT2D eigenvalue weighted by Gasteiger charge is -2.35. The lowest BCUT2D eigenvalue weighted by atomic mass is 9.89. The van der Waals surface area contributed by atoms with Gasteiger partial charge in [-0.15, -0.1) is 0 Å². The molecule has 1 aliphatic heterocycles. The molecule has 33 heavy (non-hydrogen) atoms. The Morgan fingerprint density at radius 2 is 1.94 bits per heavy atom. The smallest absolute Gasteiger partial charge is 0.342 e. The molecular formula is C26H26N2O5. The third-order valence-corrected chi connectivity index (χ3v) is 6.20. The van der Waals surface area contributed by atoms with Gasteiger partial charge in [0.25, 0.3) is 0 Å². The SMILES string of the molecule is CCOC(=O)c1c(C)oc2c1c([C@H](c1cccnc1)N1CCOCC1)c(O)c1ccccc12.